The quantitative estimate of drug-likeness (QED) is 0.901. The lowest BCUT2D eigenvalue weighted by Crippen LogP contribution is -2.51. The molecule has 1 saturated carbocycles. The van der Waals surface area contributed by atoms with Gasteiger partial charge in [0, 0.05) is 12.1 Å². The Bertz CT molecular complexity index is 567. The molecule has 1 aromatic carbocycles. The minimum absolute atomic E-state index is 0.429. The number of alkyl halides is 3. The number of nitrogens with one attached hydrogen (secondary N) is 2. The summed E-state index contributed by atoms with van der Waals surface area (Å²) < 4.78 is 38.9. The van der Waals surface area contributed by atoms with Crippen LogP contribution in [0.15, 0.2) is 18.2 Å². The molecule has 3 rings (SSSR count). The normalized spacial score (nSPS) is 22.4. The first-order valence-electron chi connectivity index (χ1n) is 7.08. The zero-order chi connectivity index (χ0) is 15.2. The number of rotatable bonds is 3. The van der Waals surface area contributed by atoms with Crippen molar-refractivity contribution in [2.75, 3.05) is 5.32 Å². The van der Waals surface area contributed by atoms with E-state index in [1.165, 1.54) is 0 Å². The van der Waals surface area contributed by atoms with Crippen LogP contribution in [0.25, 0.3) is 0 Å². The highest BCUT2D eigenvalue weighted by Gasteiger charge is 2.50. The van der Waals surface area contributed by atoms with Crippen LogP contribution in [0.2, 0.25) is 0 Å². The van der Waals surface area contributed by atoms with Gasteiger partial charge in [0.15, 0.2) is 0 Å². The number of carbonyl (C=O) groups is 1. The molecule has 3 nitrogen and oxygen atoms in total. The number of hydrogen-bond acceptors (Lipinski definition) is 2. The number of fused-ring (bicyclic) bond motifs is 1. The van der Waals surface area contributed by atoms with Crippen molar-refractivity contribution in [2.45, 2.75) is 44.4 Å². The van der Waals surface area contributed by atoms with Gasteiger partial charge in [0.25, 0.3) is 0 Å². The van der Waals surface area contributed by atoms with Crippen LogP contribution in [0.1, 0.15) is 24.0 Å². The summed E-state index contributed by atoms with van der Waals surface area (Å²) in [6.45, 7) is 1.91. The molecule has 2 aliphatic rings. The minimum atomic E-state index is -4.38. The first-order chi connectivity index (χ1) is 9.86. The number of aryl methyl sites for hydroxylation is 1. The zero-order valence-electron chi connectivity index (χ0n) is 11.6. The second-order valence-electron chi connectivity index (χ2n) is 5.88. The highest BCUT2D eigenvalue weighted by atomic mass is 19.4. The van der Waals surface area contributed by atoms with Gasteiger partial charge in [0.2, 0.25) is 5.91 Å². The van der Waals surface area contributed by atoms with E-state index < -0.39 is 30.1 Å². The van der Waals surface area contributed by atoms with Crippen molar-refractivity contribution in [2.24, 2.45) is 5.92 Å². The van der Waals surface area contributed by atoms with Crippen molar-refractivity contribution in [3.63, 3.8) is 0 Å². The number of hydrogen-bond donors (Lipinski definition) is 2. The van der Waals surface area contributed by atoms with Gasteiger partial charge in [-0.15, -0.1) is 0 Å². The fraction of sp³-hybridized carbons (Fsp3) is 0.533. The summed E-state index contributed by atoms with van der Waals surface area (Å²) in [5.74, 6) is -1.03. The lowest BCUT2D eigenvalue weighted by molar-refractivity contribution is -0.166. The number of amides is 1. The van der Waals surface area contributed by atoms with Crippen molar-refractivity contribution >= 4 is 11.6 Å². The molecule has 0 spiro atoms. The molecule has 0 aromatic heterocycles. The fourth-order valence-electron chi connectivity index (χ4n) is 2.86. The van der Waals surface area contributed by atoms with Gasteiger partial charge in [-0.3, -0.25) is 4.79 Å². The third kappa shape index (κ3) is 2.84. The Balaban J connectivity index is 1.69. The molecular weight excluding hydrogens is 281 g/mol. The summed E-state index contributed by atoms with van der Waals surface area (Å²) >= 11 is 0. The third-order valence-corrected chi connectivity index (χ3v) is 4.16. The van der Waals surface area contributed by atoms with Gasteiger partial charge in [-0.05, 0) is 36.8 Å². The molecule has 1 aliphatic heterocycles. The molecule has 0 radical (unpaired) electrons. The first-order valence-corrected chi connectivity index (χ1v) is 7.08. The Hall–Kier alpha value is -1.72. The van der Waals surface area contributed by atoms with Crippen molar-refractivity contribution in [1.82, 2.24) is 5.32 Å². The highest BCUT2D eigenvalue weighted by molar-refractivity contribution is 5.88. The van der Waals surface area contributed by atoms with E-state index in [2.05, 4.69) is 10.6 Å². The number of anilines is 1. The molecule has 114 valence electrons. The SMILES string of the molecule is Cc1cccc2c1NC(C(=O)NC(C1CC1)C(F)(F)F)C2. The van der Waals surface area contributed by atoms with Crippen LogP contribution in [0.3, 0.4) is 0 Å². The summed E-state index contributed by atoms with van der Waals surface area (Å²) in [4.78, 5) is 12.1. The molecule has 1 aliphatic carbocycles. The van der Waals surface area contributed by atoms with Crippen LogP contribution in [0.5, 0.6) is 0 Å². The minimum Gasteiger partial charge on any atom is -0.373 e. The Morgan fingerprint density at radius 2 is 2.10 bits per heavy atom. The van der Waals surface area contributed by atoms with E-state index in [0.29, 0.717) is 19.3 Å². The van der Waals surface area contributed by atoms with Gasteiger partial charge in [-0.1, -0.05) is 18.2 Å². The van der Waals surface area contributed by atoms with Gasteiger partial charge in [0.05, 0.1) is 0 Å². The third-order valence-electron chi connectivity index (χ3n) is 4.16. The van der Waals surface area contributed by atoms with Crippen molar-refractivity contribution in [1.29, 1.82) is 0 Å². The molecule has 2 atom stereocenters. The van der Waals surface area contributed by atoms with E-state index in [1.54, 1.807) is 0 Å². The summed E-state index contributed by atoms with van der Waals surface area (Å²) in [5.41, 5.74) is 2.84. The average molecular weight is 298 g/mol. The van der Waals surface area contributed by atoms with Crippen LogP contribution in [0.4, 0.5) is 18.9 Å². The second-order valence-corrected chi connectivity index (χ2v) is 5.88. The van der Waals surface area contributed by atoms with Crippen molar-refractivity contribution in [3.05, 3.63) is 29.3 Å². The van der Waals surface area contributed by atoms with Gasteiger partial charge >= 0.3 is 6.18 Å². The molecule has 1 heterocycles. The van der Waals surface area contributed by atoms with Crippen LogP contribution < -0.4 is 10.6 Å². The van der Waals surface area contributed by atoms with Gasteiger partial charge in [0.1, 0.15) is 12.1 Å². The molecule has 1 amide bonds. The summed E-state index contributed by atoms with van der Waals surface area (Å²) in [6, 6.07) is 3.36. The summed E-state index contributed by atoms with van der Waals surface area (Å²) in [5, 5.41) is 5.23. The first kappa shape index (κ1) is 14.2. The van der Waals surface area contributed by atoms with Gasteiger partial charge in [-0.25, -0.2) is 0 Å². The maximum absolute atomic E-state index is 13.0. The summed E-state index contributed by atoms with van der Waals surface area (Å²) in [6.07, 6.45) is -2.89. The van der Waals surface area contributed by atoms with E-state index >= 15 is 0 Å². The highest BCUT2D eigenvalue weighted by Crippen LogP contribution is 2.40. The molecule has 0 bridgehead atoms. The van der Waals surface area contributed by atoms with Crippen LogP contribution >= 0.6 is 0 Å². The van der Waals surface area contributed by atoms with E-state index in [1.807, 2.05) is 25.1 Å². The molecule has 2 N–H and O–H groups in total. The topological polar surface area (TPSA) is 41.1 Å². The number of para-hydroxylation sites is 1. The van der Waals surface area contributed by atoms with Crippen molar-refractivity contribution in [3.8, 4) is 0 Å². The van der Waals surface area contributed by atoms with Crippen LogP contribution in [-0.4, -0.2) is 24.2 Å². The monoisotopic (exact) mass is 298 g/mol. The fourth-order valence-corrected chi connectivity index (χ4v) is 2.86. The van der Waals surface area contributed by atoms with Crippen LogP contribution in [-0.2, 0) is 11.2 Å². The lowest BCUT2D eigenvalue weighted by Gasteiger charge is -2.23. The van der Waals surface area contributed by atoms with Crippen LogP contribution in [0, 0.1) is 12.8 Å². The predicted octanol–water partition coefficient (Wildman–Crippen LogP) is 2.79. The number of halogens is 3. The number of benzene rings is 1. The Kier molecular flexibility index (Phi) is 3.34. The van der Waals surface area contributed by atoms with E-state index in [4.69, 9.17) is 0 Å². The maximum Gasteiger partial charge on any atom is 0.408 e. The predicted molar refractivity (Wildman–Crippen MR) is 73.0 cm³/mol. The van der Waals surface area contributed by atoms with Crippen molar-refractivity contribution < 1.29 is 18.0 Å². The van der Waals surface area contributed by atoms with E-state index in [9.17, 15) is 18.0 Å². The molecular formula is C15H17F3N2O. The smallest absolute Gasteiger partial charge is 0.373 e. The van der Waals surface area contributed by atoms with Gasteiger partial charge in [-0.2, -0.15) is 13.2 Å². The number of carbonyl (C=O) groups excluding carboxylic acids is 1. The summed E-state index contributed by atoms with van der Waals surface area (Å²) in [7, 11) is 0. The maximum atomic E-state index is 13.0. The second kappa shape index (κ2) is 4.93. The van der Waals surface area contributed by atoms with E-state index in [-0.39, 0.29) is 0 Å². The molecule has 1 aromatic rings. The van der Waals surface area contributed by atoms with E-state index in [0.717, 1.165) is 16.8 Å². The molecule has 21 heavy (non-hydrogen) atoms. The molecule has 2 unspecified atom stereocenters. The molecule has 6 heteroatoms. The Labute approximate surface area is 120 Å². The van der Waals surface area contributed by atoms with Gasteiger partial charge < -0.3 is 10.6 Å². The molecule has 1 fully saturated rings. The average Bonchev–Trinajstić information content (AvgIpc) is 3.12. The lowest BCUT2D eigenvalue weighted by atomic mass is 10.1. The largest absolute Gasteiger partial charge is 0.408 e. The Morgan fingerprint density at radius 1 is 1.38 bits per heavy atom. The zero-order valence-corrected chi connectivity index (χ0v) is 11.6. The molecule has 0 saturated heterocycles. The Morgan fingerprint density at radius 3 is 2.67 bits per heavy atom. The standard InChI is InChI=1S/C15H17F3N2O/c1-8-3-2-4-10-7-11(19-12(8)10)14(21)20-13(9-5-6-9)15(16,17)18/h2-4,9,11,13,19H,5-7H2,1H3,(H,20,21).